The molecule has 0 aliphatic heterocycles. The van der Waals surface area contributed by atoms with E-state index in [0.29, 0.717) is 22.2 Å². The normalized spacial score (nSPS) is 23.7. The maximum atomic E-state index is 5.36. The van der Waals surface area contributed by atoms with Crippen molar-refractivity contribution in [2.24, 2.45) is 11.8 Å². The number of aryl methyl sites for hydroxylation is 1. The van der Waals surface area contributed by atoms with Gasteiger partial charge in [0.15, 0.2) is 10.2 Å². The number of hydrogen-bond donors (Lipinski definition) is 4. The van der Waals surface area contributed by atoms with E-state index in [1.807, 2.05) is 31.2 Å². The van der Waals surface area contributed by atoms with Crippen LogP contribution in [0, 0.1) is 18.8 Å². The van der Waals surface area contributed by atoms with Gasteiger partial charge in [0, 0.05) is 11.7 Å². The van der Waals surface area contributed by atoms with E-state index < -0.39 is 0 Å². The predicted molar refractivity (Wildman–Crippen MR) is 105 cm³/mol. The van der Waals surface area contributed by atoms with Gasteiger partial charge in [-0.05, 0) is 61.2 Å². The third-order valence-electron chi connectivity index (χ3n) is 4.71. The van der Waals surface area contributed by atoms with Gasteiger partial charge in [0.2, 0.25) is 0 Å². The van der Waals surface area contributed by atoms with Crippen LogP contribution in [0.25, 0.3) is 0 Å². The summed E-state index contributed by atoms with van der Waals surface area (Å²) in [6, 6.07) is 8.43. The molecular formula is C17H26N4S2. The zero-order valence-corrected chi connectivity index (χ0v) is 15.6. The summed E-state index contributed by atoms with van der Waals surface area (Å²) in [4.78, 5) is 0. The minimum absolute atomic E-state index is 0.429. The van der Waals surface area contributed by atoms with Gasteiger partial charge in [-0.15, -0.1) is 0 Å². The molecule has 1 fully saturated rings. The molecule has 1 aromatic carbocycles. The van der Waals surface area contributed by atoms with Crippen LogP contribution < -0.4 is 21.5 Å². The Morgan fingerprint density at radius 2 is 1.74 bits per heavy atom. The highest BCUT2D eigenvalue weighted by Gasteiger charge is 2.27. The van der Waals surface area contributed by atoms with E-state index >= 15 is 0 Å². The standard InChI is InChI=1S/C17H26N4S2/c1-11-8-6-10-15(13(11)3)19-17(23)21-20-16(22)18-14-9-5-4-7-12(14)2/h4-5,7,9,11,13,15H,6,8,10H2,1-3H3,(H2,18,20,22)(H2,19,21,23)/t11-,13+,15-/m1/s1. The van der Waals surface area contributed by atoms with Crippen molar-refractivity contribution in [3.8, 4) is 0 Å². The van der Waals surface area contributed by atoms with Crippen molar-refractivity contribution in [1.29, 1.82) is 0 Å². The average Bonchev–Trinajstić information content (AvgIpc) is 2.52. The number of hydrazine groups is 1. The van der Waals surface area contributed by atoms with Crippen LogP contribution in [0.2, 0.25) is 0 Å². The van der Waals surface area contributed by atoms with Crippen molar-refractivity contribution in [2.75, 3.05) is 5.32 Å². The van der Waals surface area contributed by atoms with Gasteiger partial charge in [-0.3, -0.25) is 10.9 Å². The molecule has 126 valence electrons. The van der Waals surface area contributed by atoms with E-state index in [2.05, 4.69) is 35.3 Å². The number of rotatable bonds is 2. The molecule has 6 heteroatoms. The van der Waals surface area contributed by atoms with Crippen molar-refractivity contribution >= 4 is 40.3 Å². The van der Waals surface area contributed by atoms with Crippen LogP contribution in [0.4, 0.5) is 5.69 Å². The first-order valence-electron chi connectivity index (χ1n) is 8.16. The van der Waals surface area contributed by atoms with Gasteiger partial charge in [0.1, 0.15) is 0 Å². The first-order chi connectivity index (χ1) is 11.0. The molecule has 0 spiro atoms. The van der Waals surface area contributed by atoms with Crippen LogP contribution in [-0.2, 0) is 0 Å². The molecule has 2 rings (SSSR count). The van der Waals surface area contributed by atoms with Crippen LogP contribution in [0.5, 0.6) is 0 Å². The minimum Gasteiger partial charge on any atom is -0.358 e. The Morgan fingerprint density at radius 1 is 1.04 bits per heavy atom. The molecule has 1 aliphatic rings. The van der Waals surface area contributed by atoms with E-state index in [0.717, 1.165) is 17.2 Å². The van der Waals surface area contributed by atoms with Crippen LogP contribution in [0.15, 0.2) is 24.3 Å². The van der Waals surface area contributed by atoms with E-state index in [1.165, 1.54) is 19.3 Å². The molecule has 3 atom stereocenters. The summed E-state index contributed by atoms with van der Waals surface area (Å²) in [5.41, 5.74) is 8.04. The highest BCUT2D eigenvalue weighted by molar-refractivity contribution is 7.80. The van der Waals surface area contributed by atoms with E-state index in [-0.39, 0.29) is 0 Å². The second-order valence-electron chi connectivity index (χ2n) is 6.37. The van der Waals surface area contributed by atoms with Gasteiger partial charge in [-0.1, -0.05) is 44.9 Å². The molecule has 0 radical (unpaired) electrons. The lowest BCUT2D eigenvalue weighted by molar-refractivity contribution is 0.224. The second kappa shape index (κ2) is 8.45. The maximum Gasteiger partial charge on any atom is 0.189 e. The fourth-order valence-corrected chi connectivity index (χ4v) is 3.33. The number of thiocarbonyl (C=S) groups is 2. The average molecular weight is 351 g/mol. The van der Waals surface area contributed by atoms with Crippen LogP contribution in [0.3, 0.4) is 0 Å². The predicted octanol–water partition coefficient (Wildman–Crippen LogP) is 3.49. The van der Waals surface area contributed by atoms with Crippen LogP contribution in [-0.4, -0.2) is 16.3 Å². The summed E-state index contributed by atoms with van der Waals surface area (Å²) in [7, 11) is 0. The Morgan fingerprint density at radius 3 is 2.48 bits per heavy atom. The lowest BCUT2D eigenvalue weighted by Crippen LogP contribution is -2.53. The SMILES string of the molecule is Cc1ccccc1NC(=S)NNC(=S)N[C@@H]1CCC[C@@H](C)[C@@H]1C. The molecule has 0 unspecified atom stereocenters. The smallest absolute Gasteiger partial charge is 0.189 e. The molecule has 1 aliphatic carbocycles. The highest BCUT2D eigenvalue weighted by atomic mass is 32.1. The van der Waals surface area contributed by atoms with Gasteiger partial charge in [0.05, 0.1) is 0 Å². The monoisotopic (exact) mass is 350 g/mol. The Labute approximate surface area is 149 Å². The van der Waals surface area contributed by atoms with E-state index in [1.54, 1.807) is 0 Å². The molecule has 1 saturated carbocycles. The zero-order valence-electron chi connectivity index (χ0n) is 14.0. The third-order valence-corrected chi connectivity index (χ3v) is 5.13. The van der Waals surface area contributed by atoms with Gasteiger partial charge in [-0.2, -0.15) is 0 Å². The summed E-state index contributed by atoms with van der Waals surface area (Å²) in [5, 5.41) is 7.64. The number of benzene rings is 1. The summed E-state index contributed by atoms with van der Waals surface area (Å²) in [6.45, 7) is 6.65. The molecule has 0 bridgehead atoms. The largest absolute Gasteiger partial charge is 0.358 e. The highest BCUT2D eigenvalue weighted by Crippen LogP contribution is 2.29. The molecule has 23 heavy (non-hydrogen) atoms. The van der Waals surface area contributed by atoms with Gasteiger partial charge in [-0.25, -0.2) is 0 Å². The molecule has 1 aromatic rings. The summed E-state index contributed by atoms with van der Waals surface area (Å²) >= 11 is 10.7. The Balaban J connectivity index is 1.76. The van der Waals surface area contributed by atoms with Crippen molar-refractivity contribution in [1.82, 2.24) is 16.2 Å². The fraction of sp³-hybridized carbons (Fsp3) is 0.529. The van der Waals surface area contributed by atoms with Gasteiger partial charge >= 0.3 is 0 Å². The quantitative estimate of drug-likeness (QED) is 0.484. The van der Waals surface area contributed by atoms with Gasteiger partial charge in [0.25, 0.3) is 0 Å². The van der Waals surface area contributed by atoms with Crippen molar-refractivity contribution in [3.05, 3.63) is 29.8 Å². The first-order valence-corrected chi connectivity index (χ1v) is 8.98. The van der Waals surface area contributed by atoms with Crippen molar-refractivity contribution in [2.45, 2.75) is 46.1 Å². The Hall–Kier alpha value is -1.40. The molecule has 0 saturated heterocycles. The van der Waals surface area contributed by atoms with E-state index in [9.17, 15) is 0 Å². The van der Waals surface area contributed by atoms with Crippen molar-refractivity contribution in [3.63, 3.8) is 0 Å². The Kier molecular flexibility index (Phi) is 6.59. The summed E-state index contributed by atoms with van der Waals surface area (Å²) in [6.07, 6.45) is 3.73. The Bertz CT molecular complexity index is 561. The minimum atomic E-state index is 0.429. The second-order valence-corrected chi connectivity index (χ2v) is 7.18. The number of para-hydroxylation sites is 1. The van der Waals surface area contributed by atoms with Gasteiger partial charge < -0.3 is 10.6 Å². The molecule has 0 amide bonds. The molecule has 4 N–H and O–H groups in total. The molecule has 4 nitrogen and oxygen atoms in total. The summed E-state index contributed by atoms with van der Waals surface area (Å²) < 4.78 is 0. The third kappa shape index (κ3) is 5.32. The summed E-state index contributed by atoms with van der Waals surface area (Å²) in [5.74, 6) is 1.36. The van der Waals surface area contributed by atoms with Crippen molar-refractivity contribution < 1.29 is 0 Å². The fourth-order valence-electron chi connectivity index (χ4n) is 2.97. The number of hydrogen-bond acceptors (Lipinski definition) is 2. The molecule has 0 heterocycles. The van der Waals surface area contributed by atoms with Crippen LogP contribution >= 0.6 is 24.4 Å². The topological polar surface area (TPSA) is 48.1 Å². The van der Waals surface area contributed by atoms with Crippen LogP contribution in [0.1, 0.15) is 38.7 Å². The first kappa shape index (κ1) is 17.9. The maximum absolute atomic E-state index is 5.36. The molecule has 0 aromatic heterocycles. The zero-order chi connectivity index (χ0) is 16.8. The lowest BCUT2D eigenvalue weighted by Gasteiger charge is -2.35. The number of nitrogens with one attached hydrogen (secondary N) is 4. The van der Waals surface area contributed by atoms with E-state index in [4.69, 9.17) is 24.4 Å². The number of anilines is 1. The molecular weight excluding hydrogens is 324 g/mol. The lowest BCUT2D eigenvalue weighted by atomic mass is 9.78.